The molecule has 4 nitrogen and oxygen atoms in total. The van der Waals surface area contributed by atoms with Crippen molar-refractivity contribution in [1.82, 2.24) is 14.8 Å². The SMILES string of the molecule is CCCn1c(SCc2ccc(SC)cc2)n[nH]c1=O. The zero-order chi connectivity index (χ0) is 13.7. The third kappa shape index (κ3) is 3.67. The Morgan fingerprint density at radius 2 is 2.05 bits per heavy atom. The third-order valence-electron chi connectivity index (χ3n) is 2.70. The van der Waals surface area contributed by atoms with Crippen molar-refractivity contribution in [3.05, 3.63) is 40.3 Å². The average molecular weight is 295 g/mol. The van der Waals surface area contributed by atoms with Crippen molar-refractivity contribution in [3.8, 4) is 0 Å². The highest BCUT2D eigenvalue weighted by Gasteiger charge is 2.08. The zero-order valence-electron chi connectivity index (χ0n) is 11.0. The maximum Gasteiger partial charge on any atom is 0.343 e. The Bertz CT molecular complexity index is 574. The van der Waals surface area contributed by atoms with E-state index in [2.05, 4.69) is 47.6 Å². The van der Waals surface area contributed by atoms with E-state index in [0.717, 1.165) is 17.3 Å². The van der Waals surface area contributed by atoms with Gasteiger partial charge in [-0.2, -0.15) is 0 Å². The lowest BCUT2D eigenvalue weighted by atomic mass is 10.2. The number of hydrogen-bond donors (Lipinski definition) is 1. The molecule has 0 radical (unpaired) electrons. The molecule has 0 spiro atoms. The van der Waals surface area contributed by atoms with Crippen molar-refractivity contribution in [2.24, 2.45) is 0 Å². The van der Waals surface area contributed by atoms with Crippen molar-refractivity contribution in [2.45, 2.75) is 35.7 Å². The van der Waals surface area contributed by atoms with Gasteiger partial charge in [-0.1, -0.05) is 30.8 Å². The number of aromatic nitrogens is 3. The molecule has 0 fully saturated rings. The molecule has 2 aromatic rings. The number of hydrogen-bond acceptors (Lipinski definition) is 4. The zero-order valence-corrected chi connectivity index (χ0v) is 12.7. The van der Waals surface area contributed by atoms with Crippen LogP contribution in [0.2, 0.25) is 0 Å². The van der Waals surface area contributed by atoms with Crippen LogP contribution in [0.5, 0.6) is 0 Å². The van der Waals surface area contributed by atoms with E-state index in [1.807, 2.05) is 0 Å². The quantitative estimate of drug-likeness (QED) is 0.832. The summed E-state index contributed by atoms with van der Waals surface area (Å²) in [4.78, 5) is 12.8. The highest BCUT2D eigenvalue weighted by molar-refractivity contribution is 7.98. The minimum atomic E-state index is -0.123. The van der Waals surface area contributed by atoms with Crippen LogP contribution in [0.4, 0.5) is 0 Å². The van der Waals surface area contributed by atoms with Crippen LogP contribution in [-0.4, -0.2) is 21.0 Å². The van der Waals surface area contributed by atoms with Crippen LogP contribution in [0.3, 0.4) is 0 Å². The second-order valence-corrected chi connectivity index (χ2v) is 5.92. The normalized spacial score (nSPS) is 10.8. The van der Waals surface area contributed by atoms with Gasteiger partial charge in [-0.05, 0) is 30.4 Å². The van der Waals surface area contributed by atoms with E-state index in [1.165, 1.54) is 10.5 Å². The molecule has 102 valence electrons. The van der Waals surface area contributed by atoms with E-state index in [0.29, 0.717) is 6.54 Å². The predicted molar refractivity (Wildman–Crippen MR) is 80.9 cm³/mol. The molecule has 0 saturated carbocycles. The molecule has 0 aliphatic heterocycles. The molecule has 0 bridgehead atoms. The Hall–Kier alpha value is -1.14. The second-order valence-electron chi connectivity index (χ2n) is 4.10. The van der Waals surface area contributed by atoms with E-state index in [1.54, 1.807) is 28.1 Å². The van der Waals surface area contributed by atoms with Crippen molar-refractivity contribution in [2.75, 3.05) is 6.26 Å². The van der Waals surface area contributed by atoms with Crippen LogP contribution >= 0.6 is 23.5 Å². The standard InChI is InChI=1S/C13H17N3OS2/c1-3-8-16-12(17)14-15-13(16)19-9-10-4-6-11(18-2)7-5-10/h4-7H,3,8-9H2,1-2H3,(H,14,17). The Balaban J connectivity index is 2.03. The maximum atomic E-state index is 11.6. The van der Waals surface area contributed by atoms with Crippen LogP contribution in [-0.2, 0) is 12.3 Å². The van der Waals surface area contributed by atoms with Gasteiger partial charge < -0.3 is 0 Å². The van der Waals surface area contributed by atoms with Crippen LogP contribution in [0.25, 0.3) is 0 Å². The minimum Gasteiger partial charge on any atom is -0.270 e. The topological polar surface area (TPSA) is 50.7 Å². The highest BCUT2D eigenvalue weighted by Crippen LogP contribution is 2.22. The largest absolute Gasteiger partial charge is 0.343 e. The Morgan fingerprint density at radius 3 is 2.68 bits per heavy atom. The molecule has 1 N–H and O–H groups in total. The first-order chi connectivity index (χ1) is 9.24. The summed E-state index contributed by atoms with van der Waals surface area (Å²) < 4.78 is 1.70. The number of H-pyrrole nitrogens is 1. The molecule has 1 heterocycles. The van der Waals surface area contributed by atoms with Crippen LogP contribution in [0.15, 0.2) is 39.1 Å². The molecule has 2 rings (SSSR count). The monoisotopic (exact) mass is 295 g/mol. The molecule has 0 unspecified atom stereocenters. The lowest BCUT2D eigenvalue weighted by Gasteiger charge is -2.04. The number of nitrogens with one attached hydrogen (secondary N) is 1. The Labute approximate surface area is 121 Å². The molecular weight excluding hydrogens is 278 g/mol. The fraction of sp³-hybridized carbons (Fsp3) is 0.385. The van der Waals surface area contributed by atoms with Crippen LogP contribution in [0.1, 0.15) is 18.9 Å². The van der Waals surface area contributed by atoms with Crippen molar-refractivity contribution in [1.29, 1.82) is 0 Å². The average Bonchev–Trinajstić information content (AvgIpc) is 2.79. The summed E-state index contributed by atoms with van der Waals surface area (Å²) in [5, 5.41) is 7.34. The molecule has 19 heavy (non-hydrogen) atoms. The van der Waals surface area contributed by atoms with Gasteiger partial charge in [0.25, 0.3) is 0 Å². The molecule has 1 aromatic carbocycles. The van der Waals surface area contributed by atoms with Crippen LogP contribution < -0.4 is 5.69 Å². The van der Waals surface area contributed by atoms with Gasteiger partial charge in [0.1, 0.15) is 0 Å². The van der Waals surface area contributed by atoms with Crippen molar-refractivity contribution in [3.63, 3.8) is 0 Å². The van der Waals surface area contributed by atoms with Gasteiger partial charge in [0.05, 0.1) is 0 Å². The first-order valence-electron chi connectivity index (χ1n) is 6.15. The van der Waals surface area contributed by atoms with E-state index in [9.17, 15) is 4.79 Å². The summed E-state index contributed by atoms with van der Waals surface area (Å²) in [6.45, 7) is 2.76. The van der Waals surface area contributed by atoms with Gasteiger partial charge in [0.15, 0.2) is 5.16 Å². The Kier molecular flexibility index (Phi) is 5.15. The molecule has 0 saturated heterocycles. The number of nitrogens with zero attached hydrogens (tertiary/aromatic N) is 2. The van der Waals surface area contributed by atoms with Gasteiger partial charge in [0.2, 0.25) is 0 Å². The lowest BCUT2D eigenvalue weighted by molar-refractivity contribution is 0.604. The molecule has 0 aliphatic carbocycles. The number of thioether (sulfide) groups is 2. The van der Waals surface area contributed by atoms with Crippen LogP contribution in [0, 0.1) is 0 Å². The molecule has 0 amide bonds. The molecule has 0 aliphatic rings. The van der Waals surface area contributed by atoms with Gasteiger partial charge >= 0.3 is 5.69 Å². The van der Waals surface area contributed by atoms with E-state index in [-0.39, 0.29) is 5.69 Å². The smallest absolute Gasteiger partial charge is 0.270 e. The first-order valence-corrected chi connectivity index (χ1v) is 8.36. The molecular formula is C13H17N3OS2. The highest BCUT2D eigenvalue weighted by atomic mass is 32.2. The van der Waals surface area contributed by atoms with E-state index < -0.39 is 0 Å². The summed E-state index contributed by atoms with van der Waals surface area (Å²) in [5.41, 5.74) is 1.11. The summed E-state index contributed by atoms with van der Waals surface area (Å²) >= 11 is 3.32. The Morgan fingerprint density at radius 1 is 1.32 bits per heavy atom. The predicted octanol–water partition coefficient (Wildman–Crippen LogP) is 3.00. The third-order valence-corrected chi connectivity index (χ3v) is 4.49. The molecule has 0 atom stereocenters. The van der Waals surface area contributed by atoms with Gasteiger partial charge in [-0.15, -0.1) is 16.9 Å². The number of aromatic amines is 1. The lowest BCUT2D eigenvalue weighted by Crippen LogP contribution is -2.17. The van der Waals surface area contributed by atoms with Gasteiger partial charge in [-0.25, -0.2) is 9.89 Å². The van der Waals surface area contributed by atoms with Gasteiger partial charge in [0, 0.05) is 17.2 Å². The van der Waals surface area contributed by atoms with E-state index in [4.69, 9.17) is 0 Å². The fourth-order valence-electron chi connectivity index (χ4n) is 1.70. The maximum absolute atomic E-state index is 11.6. The molecule has 6 heteroatoms. The minimum absolute atomic E-state index is 0.123. The summed E-state index contributed by atoms with van der Waals surface area (Å²) in [7, 11) is 0. The summed E-state index contributed by atoms with van der Waals surface area (Å²) in [6, 6.07) is 8.47. The number of benzene rings is 1. The second kappa shape index (κ2) is 6.86. The molecule has 1 aromatic heterocycles. The summed E-state index contributed by atoms with van der Waals surface area (Å²) in [5.74, 6) is 0.822. The fourth-order valence-corrected chi connectivity index (χ4v) is 3.04. The number of rotatable bonds is 6. The van der Waals surface area contributed by atoms with Crippen molar-refractivity contribution >= 4 is 23.5 Å². The summed E-state index contributed by atoms with van der Waals surface area (Å²) in [6.07, 6.45) is 2.99. The van der Waals surface area contributed by atoms with Crippen molar-refractivity contribution < 1.29 is 0 Å². The van der Waals surface area contributed by atoms with E-state index >= 15 is 0 Å². The first kappa shape index (κ1) is 14.3. The van der Waals surface area contributed by atoms with Gasteiger partial charge in [-0.3, -0.25) is 4.57 Å².